The Kier molecular flexibility index (Phi) is 8.31. The number of phenols is 1. The first-order valence-corrected chi connectivity index (χ1v) is 17.6. The van der Waals surface area contributed by atoms with E-state index in [2.05, 4.69) is 0 Å². The van der Waals surface area contributed by atoms with Crippen LogP contribution in [0.2, 0.25) is 0 Å². The SMILES string of the molecule is CCOc1cccc([C@H]2C3=CC[C@@H]4C(=O)N(c5cccc(B(O)O)c5)C(=O)[C@@H]4[C@@H]3C[C@H]3C(=O)C(c4ccccc4)=CC(=O)[C@@]23c2ccccc2)c1O. The lowest BCUT2D eigenvalue weighted by Gasteiger charge is -2.55. The maximum atomic E-state index is 15.2. The van der Waals surface area contributed by atoms with E-state index in [4.69, 9.17) is 4.74 Å². The maximum absolute atomic E-state index is 15.2. The lowest BCUT2D eigenvalue weighted by molar-refractivity contribution is -0.135. The number of Topliss-reactive ketones (excluding diaryl/α,β-unsaturated/α-hetero) is 1. The number of rotatable bonds is 7. The minimum absolute atomic E-state index is 0.112. The third kappa shape index (κ3) is 4.92. The standard InChI is InChI=1S/C42H36BNO8/c1-2-52-34-18-10-17-30(39(34)47)37-28-19-20-29-36(41(49)44(40(29)48)27-16-9-15-26(21-27)43(50)51)32(28)22-33-38(46)31(24-11-5-3-6-12-24)23-35(45)42(33,37)25-13-7-4-8-14-25/h3-19,21,23,29,32-33,36-37,47,50-51H,2,20,22H2,1H3/t29-,32+,33-,36-,37+,42-/m0/s1. The third-order valence-corrected chi connectivity index (χ3v) is 11.4. The van der Waals surface area contributed by atoms with E-state index < -0.39 is 53.9 Å². The Morgan fingerprint density at radius 3 is 2.27 bits per heavy atom. The molecule has 9 nitrogen and oxygen atoms in total. The number of para-hydroxylation sites is 1. The molecule has 6 atom stereocenters. The summed E-state index contributed by atoms with van der Waals surface area (Å²) >= 11 is 0. The highest BCUT2D eigenvalue weighted by atomic mass is 16.5. The molecule has 0 spiro atoms. The number of ether oxygens (including phenoxy) is 1. The molecule has 260 valence electrons. The van der Waals surface area contributed by atoms with Gasteiger partial charge in [-0.2, -0.15) is 0 Å². The van der Waals surface area contributed by atoms with Crippen LogP contribution >= 0.6 is 0 Å². The number of carbonyl (C=O) groups is 4. The number of imide groups is 1. The average molecular weight is 694 g/mol. The smallest absolute Gasteiger partial charge is 0.488 e. The predicted octanol–water partition coefficient (Wildman–Crippen LogP) is 4.50. The van der Waals surface area contributed by atoms with E-state index in [0.29, 0.717) is 22.3 Å². The molecule has 0 bridgehead atoms. The molecule has 0 radical (unpaired) electrons. The third-order valence-electron chi connectivity index (χ3n) is 11.4. The van der Waals surface area contributed by atoms with E-state index in [1.165, 1.54) is 18.2 Å². The Labute approximate surface area is 301 Å². The Morgan fingerprint density at radius 1 is 0.846 bits per heavy atom. The minimum Gasteiger partial charge on any atom is -0.504 e. The van der Waals surface area contributed by atoms with Crippen molar-refractivity contribution in [3.05, 3.63) is 138 Å². The largest absolute Gasteiger partial charge is 0.504 e. The molecule has 10 heteroatoms. The fourth-order valence-electron chi connectivity index (χ4n) is 9.34. The molecule has 4 aliphatic rings. The molecule has 3 N–H and O–H groups in total. The van der Waals surface area contributed by atoms with Crippen molar-refractivity contribution < 1.29 is 39.1 Å². The van der Waals surface area contributed by atoms with Gasteiger partial charge in [0.2, 0.25) is 11.8 Å². The summed E-state index contributed by atoms with van der Waals surface area (Å²) in [6.07, 6.45) is 3.69. The number of nitrogens with zero attached hydrogens (tertiary/aromatic N) is 1. The Bertz CT molecular complexity index is 2180. The van der Waals surface area contributed by atoms with Gasteiger partial charge in [-0.3, -0.25) is 24.1 Å². The van der Waals surface area contributed by atoms with Gasteiger partial charge in [-0.15, -0.1) is 0 Å². The van der Waals surface area contributed by atoms with E-state index in [1.807, 2.05) is 54.6 Å². The van der Waals surface area contributed by atoms with E-state index >= 15 is 9.59 Å². The molecule has 1 saturated carbocycles. The van der Waals surface area contributed by atoms with Crippen LogP contribution in [0.1, 0.15) is 42.4 Å². The molecule has 8 rings (SSSR count). The molecule has 4 aromatic rings. The molecule has 1 heterocycles. The van der Waals surface area contributed by atoms with Crippen LogP contribution in [0, 0.1) is 23.7 Å². The summed E-state index contributed by atoms with van der Waals surface area (Å²) in [5, 5.41) is 31.6. The Hall–Kier alpha value is -5.58. The molecule has 4 aromatic carbocycles. The molecule has 0 aromatic heterocycles. The van der Waals surface area contributed by atoms with E-state index in [1.54, 1.807) is 49.4 Å². The number of carbonyl (C=O) groups excluding carboxylic acids is 4. The molecular weight excluding hydrogens is 657 g/mol. The van der Waals surface area contributed by atoms with Gasteiger partial charge < -0.3 is 19.9 Å². The van der Waals surface area contributed by atoms with Crippen LogP contribution < -0.4 is 15.1 Å². The van der Waals surface area contributed by atoms with Crippen LogP contribution in [0.15, 0.2) is 121 Å². The number of hydrogen-bond donors (Lipinski definition) is 3. The van der Waals surface area contributed by atoms with Gasteiger partial charge >= 0.3 is 7.12 Å². The van der Waals surface area contributed by atoms with Gasteiger partial charge in [-0.25, -0.2) is 0 Å². The number of phenolic OH excluding ortho intramolecular Hbond substituents is 1. The van der Waals surface area contributed by atoms with Crippen molar-refractivity contribution in [3.63, 3.8) is 0 Å². The van der Waals surface area contributed by atoms with Crippen LogP contribution in [0.4, 0.5) is 5.69 Å². The molecule has 1 saturated heterocycles. The van der Waals surface area contributed by atoms with Gasteiger partial charge in [-0.05, 0) is 66.5 Å². The highest BCUT2D eigenvalue weighted by Gasteiger charge is 2.66. The lowest BCUT2D eigenvalue weighted by atomic mass is 9.44. The minimum atomic E-state index is -1.80. The normalized spacial score (nSPS) is 26.6. The van der Waals surface area contributed by atoms with Crippen molar-refractivity contribution in [2.75, 3.05) is 11.5 Å². The van der Waals surface area contributed by atoms with Crippen LogP contribution in [-0.4, -0.2) is 52.3 Å². The first-order valence-electron chi connectivity index (χ1n) is 17.6. The van der Waals surface area contributed by atoms with Crippen LogP contribution in [0.25, 0.3) is 5.57 Å². The summed E-state index contributed by atoms with van der Waals surface area (Å²) in [6.45, 7) is 2.09. The second kappa shape index (κ2) is 12.9. The van der Waals surface area contributed by atoms with Gasteiger partial charge in [-0.1, -0.05) is 96.6 Å². The molecular formula is C42H36BNO8. The summed E-state index contributed by atoms with van der Waals surface area (Å²) in [5.74, 6) is -5.43. The zero-order chi connectivity index (χ0) is 36.3. The molecule has 52 heavy (non-hydrogen) atoms. The summed E-state index contributed by atoms with van der Waals surface area (Å²) in [5.41, 5.74) is 1.47. The van der Waals surface area contributed by atoms with Gasteiger partial charge in [0.15, 0.2) is 23.1 Å². The van der Waals surface area contributed by atoms with Gasteiger partial charge in [0.25, 0.3) is 0 Å². The second-order valence-corrected chi connectivity index (χ2v) is 13.9. The topological polar surface area (TPSA) is 141 Å². The van der Waals surface area contributed by atoms with Gasteiger partial charge in [0.1, 0.15) is 0 Å². The number of amides is 2. The van der Waals surface area contributed by atoms with Crippen molar-refractivity contribution in [1.82, 2.24) is 0 Å². The number of benzene rings is 4. The van der Waals surface area contributed by atoms with Crippen LogP contribution in [0.5, 0.6) is 11.5 Å². The van der Waals surface area contributed by atoms with Crippen molar-refractivity contribution in [2.45, 2.75) is 31.1 Å². The first-order chi connectivity index (χ1) is 25.2. The highest BCUT2D eigenvalue weighted by molar-refractivity contribution is 6.58. The Morgan fingerprint density at radius 2 is 1.56 bits per heavy atom. The molecule has 3 aliphatic carbocycles. The number of hydrogen-bond acceptors (Lipinski definition) is 8. The summed E-state index contributed by atoms with van der Waals surface area (Å²) in [4.78, 5) is 60.1. The molecule has 1 aliphatic heterocycles. The fourth-order valence-corrected chi connectivity index (χ4v) is 9.34. The van der Waals surface area contributed by atoms with E-state index in [9.17, 15) is 24.7 Å². The summed E-state index contributed by atoms with van der Waals surface area (Å²) < 4.78 is 5.82. The number of ketones is 2. The molecule has 0 unspecified atom stereocenters. The number of anilines is 1. The van der Waals surface area contributed by atoms with Gasteiger partial charge in [0, 0.05) is 23.0 Å². The second-order valence-electron chi connectivity index (χ2n) is 13.9. The number of aromatic hydroxyl groups is 1. The number of fused-ring (bicyclic) bond motifs is 4. The predicted molar refractivity (Wildman–Crippen MR) is 195 cm³/mol. The lowest BCUT2D eigenvalue weighted by Crippen LogP contribution is -2.58. The van der Waals surface area contributed by atoms with Crippen molar-refractivity contribution in [3.8, 4) is 11.5 Å². The highest BCUT2D eigenvalue weighted by Crippen LogP contribution is 2.65. The van der Waals surface area contributed by atoms with Crippen LogP contribution in [-0.2, 0) is 24.6 Å². The quantitative estimate of drug-likeness (QED) is 0.146. The van der Waals surface area contributed by atoms with Crippen LogP contribution in [0.3, 0.4) is 0 Å². The zero-order valence-electron chi connectivity index (χ0n) is 28.4. The average Bonchev–Trinajstić information content (AvgIpc) is 3.42. The number of allylic oxidation sites excluding steroid dienone is 4. The molecule has 2 fully saturated rings. The molecule has 2 amide bonds. The van der Waals surface area contributed by atoms with Crippen molar-refractivity contribution >= 4 is 47.2 Å². The first kappa shape index (κ1) is 33.6. The zero-order valence-corrected chi connectivity index (χ0v) is 28.4. The fraction of sp³-hybridized carbons (Fsp3) is 0.238. The summed E-state index contributed by atoms with van der Waals surface area (Å²) in [6, 6.07) is 29.4. The van der Waals surface area contributed by atoms with Crippen molar-refractivity contribution in [2.24, 2.45) is 23.7 Å². The summed E-state index contributed by atoms with van der Waals surface area (Å²) in [7, 11) is -1.80. The van der Waals surface area contributed by atoms with Gasteiger partial charge in [0.05, 0.1) is 29.5 Å². The van der Waals surface area contributed by atoms with Crippen molar-refractivity contribution in [1.29, 1.82) is 0 Å². The van der Waals surface area contributed by atoms with E-state index in [-0.39, 0.29) is 59.2 Å². The monoisotopic (exact) mass is 693 g/mol. The Balaban J connectivity index is 1.36. The van der Waals surface area contributed by atoms with E-state index in [0.717, 1.165) is 4.90 Å². The maximum Gasteiger partial charge on any atom is 0.488 e.